The van der Waals surface area contributed by atoms with E-state index in [2.05, 4.69) is 18.9 Å². The van der Waals surface area contributed by atoms with Crippen molar-refractivity contribution in [2.75, 3.05) is 13.7 Å². The van der Waals surface area contributed by atoms with Gasteiger partial charge in [-0.05, 0) is 65.6 Å². The first-order chi connectivity index (χ1) is 18.1. The van der Waals surface area contributed by atoms with Crippen LogP contribution in [0.15, 0.2) is 47.5 Å². The SMILES string of the molecule is CCC(C)CCCCN1C(=O)SC(=Cc2ccc3c(cnn3Cc3ccc(OC)cc3C(F)(F)F)c2)C1=O. The molecule has 0 N–H and O–H groups in total. The summed E-state index contributed by atoms with van der Waals surface area (Å²) in [5, 5.41) is 4.74. The van der Waals surface area contributed by atoms with Gasteiger partial charge in [0.05, 0.1) is 35.8 Å². The molecule has 38 heavy (non-hydrogen) atoms. The Kier molecular flexibility index (Phi) is 8.50. The third kappa shape index (κ3) is 6.23. The van der Waals surface area contributed by atoms with Crippen molar-refractivity contribution in [3.05, 3.63) is 64.2 Å². The second-order valence-electron chi connectivity index (χ2n) is 9.48. The lowest BCUT2D eigenvalue weighted by atomic mass is 10.0. The van der Waals surface area contributed by atoms with E-state index in [0.29, 0.717) is 33.8 Å². The molecule has 0 spiro atoms. The van der Waals surface area contributed by atoms with Gasteiger partial charge in [0.25, 0.3) is 11.1 Å². The minimum atomic E-state index is -4.53. The molecule has 0 saturated carbocycles. The summed E-state index contributed by atoms with van der Waals surface area (Å²) in [7, 11) is 1.32. The van der Waals surface area contributed by atoms with Gasteiger partial charge in [-0.15, -0.1) is 0 Å². The first kappa shape index (κ1) is 27.8. The second-order valence-corrected chi connectivity index (χ2v) is 10.5. The lowest BCUT2D eigenvalue weighted by molar-refractivity contribution is -0.138. The largest absolute Gasteiger partial charge is 0.497 e. The van der Waals surface area contributed by atoms with Gasteiger partial charge in [-0.2, -0.15) is 18.3 Å². The number of carbonyl (C=O) groups excluding carboxylic acids is 2. The van der Waals surface area contributed by atoms with Crippen LogP contribution in [-0.2, 0) is 17.5 Å². The van der Waals surface area contributed by atoms with Crippen molar-refractivity contribution in [1.82, 2.24) is 14.7 Å². The van der Waals surface area contributed by atoms with Crippen LogP contribution in [0.2, 0.25) is 0 Å². The minimum Gasteiger partial charge on any atom is -0.497 e. The third-order valence-corrected chi connectivity index (χ3v) is 7.71. The lowest BCUT2D eigenvalue weighted by Crippen LogP contribution is -2.29. The standard InChI is InChI=1S/C28H30F3N3O3S/c1-4-18(2)7-5-6-12-33-26(35)25(38-27(33)36)14-19-8-11-24-21(13-19)16-32-34(24)17-20-9-10-22(37-3)15-23(20)28(29,30)31/h8-11,13-16,18H,4-7,12,17H2,1-3H3. The highest BCUT2D eigenvalue weighted by Gasteiger charge is 2.35. The van der Waals surface area contributed by atoms with E-state index in [0.717, 1.165) is 43.5 Å². The van der Waals surface area contributed by atoms with Gasteiger partial charge >= 0.3 is 6.18 Å². The van der Waals surface area contributed by atoms with E-state index in [9.17, 15) is 22.8 Å². The summed E-state index contributed by atoms with van der Waals surface area (Å²) in [6.45, 7) is 4.69. The predicted octanol–water partition coefficient (Wildman–Crippen LogP) is 7.36. The van der Waals surface area contributed by atoms with Crippen LogP contribution >= 0.6 is 11.8 Å². The second kappa shape index (κ2) is 11.6. The average molecular weight is 546 g/mol. The molecular formula is C28H30F3N3O3S. The molecule has 10 heteroatoms. The Morgan fingerprint density at radius 3 is 2.63 bits per heavy atom. The highest BCUT2D eigenvalue weighted by atomic mass is 32.2. The van der Waals surface area contributed by atoms with Gasteiger partial charge in [0.2, 0.25) is 0 Å². The molecule has 202 valence electrons. The van der Waals surface area contributed by atoms with Crippen molar-refractivity contribution in [1.29, 1.82) is 0 Å². The van der Waals surface area contributed by atoms with Crippen LogP contribution in [0.25, 0.3) is 17.0 Å². The van der Waals surface area contributed by atoms with Crippen molar-refractivity contribution in [3.8, 4) is 5.75 Å². The molecule has 1 aromatic heterocycles. The number of unbranched alkanes of at least 4 members (excludes halogenated alkanes) is 1. The molecule has 1 atom stereocenters. The molecule has 4 rings (SSSR count). The van der Waals surface area contributed by atoms with E-state index in [-0.39, 0.29) is 29.0 Å². The smallest absolute Gasteiger partial charge is 0.416 e. The number of alkyl halides is 3. The van der Waals surface area contributed by atoms with Crippen molar-refractivity contribution >= 4 is 39.9 Å². The summed E-state index contributed by atoms with van der Waals surface area (Å²) in [5.41, 5.74) is 0.665. The van der Waals surface area contributed by atoms with E-state index in [1.807, 2.05) is 0 Å². The summed E-state index contributed by atoms with van der Waals surface area (Å²) in [6, 6.07) is 9.19. The number of ether oxygens (including phenoxy) is 1. The number of imide groups is 1. The van der Waals surface area contributed by atoms with Crippen LogP contribution in [0.5, 0.6) is 5.75 Å². The molecular weight excluding hydrogens is 515 g/mol. The molecule has 2 amide bonds. The number of halogens is 3. The quantitative estimate of drug-likeness (QED) is 0.197. The fourth-order valence-electron chi connectivity index (χ4n) is 4.38. The molecule has 0 bridgehead atoms. The molecule has 1 aliphatic heterocycles. The average Bonchev–Trinajstić information content (AvgIpc) is 3.40. The number of thioether (sulfide) groups is 1. The summed E-state index contributed by atoms with van der Waals surface area (Å²) in [4.78, 5) is 26.9. The zero-order valence-electron chi connectivity index (χ0n) is 21.5. The Morgan fingerprint density at radius 1 is 1.13 bits per heavy atom. The van der Waals surface area contributed by atoms with Crippen LogP contribution in [-0.4, -0.2) is 39.5 Å². The van der Waals surface area contributed by atoms with Crippen LogP contribution in [0, 0.1) is 5.92 Å². The maximum absolute atomic E-state index is 13.6. The Hall–Kier alpha value is -3.27. The summed E-state index contributed by atoms with van der Waals surface area (Å²) in [5.74, 6) is 0.469. The van der Waals surface area contributed by atoms with Gasteiger partial charge in [-0.25, -0.2) is 0 Å². The molecule has 1 aliphatic rings. The van der Waals surface area contributed by atoms with Crippen molar-refractivity contribution in [3.63, 3.8) is 0 Å². The first-order valence-electron chi connectivity index (χ1n) is 12.6. The molecule has 3 aromatic rings. The highest BCUT2D eigenvalue weighted by Crippen LogP contribution is 2.36. The Labute approximate surface area is 223 Å². The molecule has 1 unspecified atom stereocenters. The molecule has 6 nitrogen and oxygen atoms in total. The fraction of sp³-hybridized carbons (Fsp3) is 0.393. The number of hydrogen-bond acceptors (Lipinski definition) is 5. The molecule has 2 aromatic carbocycles. The van der Waals surface area contributed by atoms with Gasteiger partial charge in [-0.3, -0.25) is 19.2 Å². The monoisotopic (exact) mass is 545 g/mol. The number of benzene rings is 2. The molecule has 2 heterocycles. The van der Waals surface area contributed by atoms with Gasteiger partial charge in [0.15, 0.2) is 0 Å². The van der Waals surface area contributed by atoms with Crippen molar-refractivity contribution in [2.24, 2.45) is 5.92 Å². The number of methoxy groups -OCH3 is 1. The van der Waals surface area contributed by atoms with Crippen molar-refractivity contribution < 1.29 is 27.5 Å². The Bertz CT molecular complexity index is 1370. The zero-order valence-corrected chi connectivity index (χ0v) is 22.4. The number of nitrogens with zero attached hydrogens (tertiary/aromatic N) is 3. The lowest BCUT2D eigenvalue weighted by Gasteiger charge is -2.15. The zero-order chi connectivity index (χ0) is 27.4. The van der Waals surface area contributed by atoms with E-state index in [1.54, 1.807) is 30.5 Å². The third-order valence-electron chi connectivity index (χ3n) is 6.81. The minimum absolute atomic E-state index is 0.0718. The van der Waals surface area contributed by atoms with Crippen molar-refractivity contribution in [2.45, 2.75) is 52.3 Å². The molecule has 1 fully saturated rings. The van der Waals surface area contributed by atoms with E-state index in [1.165, 1.54) is 28.8 Å². The highest BCUT2D eigenvalue weighted by molar-refractivity contribution is 8.18. The number of fused-ring (bicyclic) bond motifs is 1. The maximum atomic E-state index is 13.6. The van der Waals surface area contributed by atoms with Crippen LogP contribution in [0.4, 0.5) is 18.0 Å². The summed E-state index contributed by atoms with van der Waals surface area (Å²) in [6.07, 6.45) is 2.66. The molecule has 0 aliphatic carbocycles. The topological polar surface area (TPSA) is 64.4 Å². The number of aromatic nitrogens is 2. The Morgan fingerprint density at radius 2 is 1.92 bits per heavy atom. The van der Waals surface area contributed by atoms with Crippen LogP contribution < -0.4 is 4.74 Å². The summed E-state index contributed by atoms with van der Waals surface area (Å²) < 4.78 is 47.3. The van der Waals surface area contributed by atoms with Gasteiger partial charge in [0, 0.05) is 11.9 Å². The van der Waals surface area contributed by atoms with Crippen LogP contribution in [0.3, 0.4) is 0 Å². The Balaban J connectivity index is 1.49. The molecule has 1 saturated heterocycles. The van der Waals surface area contributed by atoms with E-state index < -0.39 is 11.7 Å². The first-order valence-corrected chi connectivity index (χ1v) is 13.4. The van der Waals surface area contributed by atoms with Crippen LogP contribution in [0.1, 0.15) is 56.2 Å². The normalized spacial score (nSPS) is 16.2. The predicted molar refractivity (Wildman–Crippen MR) is 143 cm³/mol. The van der Waals surface area contributed by atoms with Gasteiger partial charge in [0.1, 0.15) is 5.75 Å². The van der Waals surface area contributed by atoms with Gasteiger partial charge < -0.3 is 4.74 Å². The van der Waals surface area contributed by atoms with Gasteiger partial charge in [-0.1, -0.05) is 45.2 Å². The van der Waals surface area contributed by atoms with E-state index >= 15 is 0 Å². The summed E-state index contributed by atoms with van der Waals surface area (Å²) >= 11 is 0.926. The number of hydrogen-bond donors (Lipinski definition) is 0. The number of carbonyl (C=O) groups is 2. The fourth-order valence-corrected chi connectivity index (χ4v) is 5.24. The maximum Gasteiger partial charge on any atom is 0.416 e. The number of rotatable bonds is 10. The number of amides is 2. The van der Waals surface area contributed by atoms with E-state index in [4.69, 9.17) is 4.74 Å². The molecule has 0 radical (unpaired) electrons.